The van der Waals surface area contributed by atoms with E-state index >= 15 is 0 Å². The molecule has 13 heavy (non-hydrogen) atoms. The Kier molecular flexibility index (Phi) is 3.48. The van der Waals surface area contributed by atoms with E-state index in [1.165, 1.54) is 6.21 Å². The van der Waals surface area contributed by atoms with Crippen LogP contribution in [0.1, 0.15) is 6.42 Å². The van der Waals surface area contributed by atoms with Crippen molar-refractivity contribution in [2.45, 2.75) is 12.5 Å². The quantitative estimate of drug-likeness (QED) is 0.620. The lowest BCUT2D eigenvalue weighted by Gasteiger charge is -2.15. The molecule has 0 aromatic rings. The second-order valence-corrected chi connectivity index (χ2v) is 3.07. The Balaban J connectivity index is 2.82. The molecule has 0 N–H and O–H groups in total. The van der Waals surface area contributed by atoms with Gasteiger partial charge < -0.3 is 0 Å². The number of nitrogens with zero attached hydrogens (tertiary/aromatic N) is 2. The molecular formula is C10H9ClN2. The number of rotatable bonds is 2. The van der Waals surface area contributed by atoms with Crippen molar-refractivity contribution in [1.82, 2.24) is 0 Å². The van der Waals surface area contributed by atoms with E-state index in [1.54, 1.807) is 0 Å². The largest absolute Gasteiger partial charge is 0.274 e. The standard InChI is InChI=1S/C10H9ClN2/c1-8(11)9-4-2-3-5-10(9)13-7-6-12/h2-4,7,10H,1,5H2. The molecule has 1 unspecified atom stereocenters. The van der Waals surface area contributed by atoms with Gasteiger partial charge in [-0.3, -0.25) is 4.99 Å². The topological polar surface area (TPSA) is 36.1 Å². The first-order chi connectivity index (χ1) is 6.25. The summed E-state index contributed by atoms with van der Waals surface area (Å²) >= 11 is 5.78. The molecule has 0 spiro atoms. The summed E-state index contributed by atoms with van der Waals surface area (Å²) in [6.07, 6.45) is 7.79. The lowest BCUT2D eigenvalue weighted by Crippen LogP contribution is -2.09. The highest BCUT2D eigenvalue weighted by atomic mass is 35.5. The van der Waals surface area contributed by atoms with Crippen molar-refractivity contribution in [3.05, 3.63) is 35.4 Å². The fourth-order valence-corrected chi connectivity index (χ4v) is 1.34. The first kappa shape index (κ1) is 9.76. The third-order valence-electron chi connectivity index (χ3n) is 1.76. The highest BCUT2D eigenvalue weighted by Gasteiger charge is 2.14. The summed E-state index contributed by atoms with van der Waals surface area (Å²) in [6, 6.07) is 1.81. The highest BCUT2D eigenvalue weighted by Crippen LogP contribution is 2.24. The minimum absolute atomic E-state index is 0.0466. The number of allylic oxidation sites excluding steroid dienone is 2. The smallest absolute Gasteiger partial charge is 0.111 e. The predicted molar refractivity (Wildman–Crippen MR) is 54.7 cm³/mol. The molecule has 0 aromatic heterocycles. The van der Waals surface area contributed by atoms with Crippen molar-refractivity contribution < 1.29 is 0 Å². The first-order valence-corrected chi connectivity index (χ1v) is 4.26. The van der Waals surface area contributed by atoms with Gasteiger partial charge in [0.1, 0.15) is 6.07 Å². The molecule has 1 aliphatic carbocycles. The third-order valence-corrected chi connectivity index (χ3v) is 1.97. The maximum atomic E-state index is 8.33. The van der Waals surface area contributed by atoms with E-state index in [0.717, 1.165) is 12.0 Å². The van der Waals surface area contributed by atoms with E-state index in [9.17, 15) is 0 Å². The fourth-order valence-electron chi connectivity index (χ4n) is 1.15. The molecule has 1 rings (SSSR count). The van der Waals surface area contributed by atoms with Crippen molar-refractivity contribution in [3.63, 3.8) is 0 Å². The zero-order valence-corrected chi connectivity index (χ0v) is 7.83. The normalized spacial score (nSPS) is 21.2. The summed E-state index contributed by atoms with van der Waals surface area (Å²) in [4.78, 5) is 4.05. The Morgan fingerprint density at radius 2 is 2.62 bits per heavy atom. The predicted octanol–water partition coefficient (Wildman–Crippen LogP) is 2.59. The average Bonchev–Trinajstić information content (AvgIpc) is 2.15. The van der Waals surface area contributed by atoms with Gasteiger partial charge in [0, 0.05) is 5.03 Å². The van der Waals surface area contributed by atoms with Crippen molar-refractivity contribution in [3.8, 4) is 6.07 Å². The summed E-state index contributed by atoms with van der Waals surface area (Å²) in [7, 11) is 0. The summed E-state index contributed by atoms with van der Waals surface area (Å²) < 4.78 is 0. The van der Waals surface area contributed by atoms with Gasteiger partial charge >= 0.3 is 0 Å². The van der Waals surface area contributed by atoms with Crippen molar-refractivity contribution >= 4 is 17.8 Å². The van der Waals surface area contributed by atoms with Crippen LogP contribution in [0, 0.1) is 11.3 Å². The molecule has 0 aliphatic heterocycles. The van der Waals surface area contributed by atoms with Gasteiger partial charge in [0.15, 0.2) is 0 Å². The molecule has 0 bridgehead atoms. The Labute approximate surface area is 82.5 Å². The molecule has 0 heterocycles. The van der Waals surface area contributed by atoms with Crippen LogP contribution in [0.25, 0.3) is 0 Å². The van der Waals surface area contributed by atoms with E-state index in [0.29, 0.717) is 5.03 Å². The lowest BCUT2D eigenvalue weighted by atomic mass is 9.99. The van der Waals surface area contributed by atoms with Crippen molar-refractivity contribution in [2.24, 2.45) is 4.99 Å². The molecule has 3 heteroatoms. The Morgan fingerprint density at radius 1 is 1.85 bits per heavy atom. The van der Waals surface area contributed by atoms with Crippen LogP contribution in [0.5, 0.6) is 0 Å². The van der Waals surface area contributed by atoms with Gasteiger partial charge in [-0.25, -0.2) is 0 Å². The van der Waals surface area contributed by atoms with Crippen LogP contribution in [0.15, 0.2) is 40.4 Å². The van der Waals surface area contributed by atoms with Crippen LogP contribution in [-0.4, -0.2) is 12.3 Å². The first-order valence-electron chi connectivity index (χ1n) is 3.88. The third kappa shape index (κ3) is 2.57. The minimum Gasteiger partial charge on any atom is -0.274 e. The van der Waals surface area contributed by atoms with Gasteiger partial charge in [0.25, 0.3) is 0 Å². The summed E-state index contributed by atoms with van der Waals surface area (Å²) in [5, 5.41) is 8.82. The summed E-state index contributed by atoms with van der Waals surface area (Å²) in [6.45, 7) is 3.64. The van der Waals surface area contributed by atoms with E-state index in [1.807, 2.05) is 24.3 Å². The van der Waals surface area contributed by atoms with Gasteiger partial charge in [0.2, 0.25) is 0 Å². The second kappa shape index (κ2) is 4.64. The molecule has 0 saturated heterocycles. The average molecular weight is 193 g/mol. The zero-order valence-electron chi connectivity index (χ0n) is 7.07. The number of nitriles is 1. The molecule has 1 atom stereocenters. The fraction of sp³-hybridized carbons (Fsp3) is 0.200. The number of aliphatic imine (C=N–C) groups is 1. The molecule has 0 radical (unpaired) electrons. The van der Waals surface area contributed by atoms with Gasteiger partial charge in [0.05, 0.1) is 12.3 Å². The molecule has 0 amide bonds. The van der Waals surface area contributed by atoms with Gasteiger partial charge in [-0.1, -0.05) is 36.4 Å². The maximum absolute atomic E-state index is 8.33. The maximum Gasteiger partial charge on any atom is 0.111 e. The van der Waals surface area contributed by atoms with E-state index < -0.39 is 0 Å². The van der Waals surface area contributed by atoms with Gasteiger partial charge in [-0.15, -0.1) is 0 Å². The molecule has 2 nitrogen and oxygen atoms in total. The SMILES string of the molecule is C=C(Cl)C1=CC=CCC1N=CC#N. The molecule has 0 saturated carbocycles. The highest BCUT2D eigenvalue weighted by molar-refractivity contribution is 6.31. The van der Waals surface area contributed by atoms with E-state index in [2.05, 4.69) is 11.6 Å². The monoisotopic (exact) mass is 192 g/mol. The van der Waals surface area contributed by atoms with Crippen LogP contribution >= 0.6 is 11.6 Å². The number of hydrogen-bond acceptors (Lipinski definition) is 2. The lowest BCUT2D eigenvalue weighted by molar-refractivity contribution is 0.797. The van der Waals surface area contributed by atoms with E-state index in [-0.39, 0.29) is 6.04 Å². The van der Waals surface area contributed by atoms with Crippen LogP contribution < -0.4 is 0 Å². The van der Waals surface area contributed by atoms with Crippen LogP contribution in [0.2, 0.25) is 0 Å². The number of hydrogen-bond donors (Lipinski definition) is 0. The summed E-state index contributed by atoms with van der Waals surface area (Å²) in [5.74, 6) is 0. The minimum atomic E-state index is -0.0466. The van der Waals surface area contributed by atoms with Crippen LogP contribution in [-0.2, 0) is 0 Å². The molecule has 1 aliphatic rings. The Bertz CT molecular complexity index is 331. The Hall–Kier alpha value is -1.33. The van der Waals surface area contributed by atoms with Gasteiger partial charge in [-0.2, -0.15) is 5.26 Å². The molecular weight excluding hydrogens is 184 g/mol. The Morgan fingerprint density at radius 3 is 3.23 bits per heavy atom. The van der Waals surface area contributed by atoms with Crippen LogP contribution in [0.4, 0.5) is 0 Å². The van der Waals surface area contributed by atoms with Crippen molar-refractivity contribution in [1.29, 1.82) is 5.26 Å². The van der Waals surface area contributed by atoms with Crippen LogP contribution in [0.3, 0.4) is 0 Å². The van der Waals surface area contributed by atoms with Gasteiger partial charge in [-0.05, 0) is 12.0 Å². The number of halogens is 1. The second-order valence-electron chi connectivity index (χ2n) is 2.61. The summed E-state index contributed by atoms with van der Waals surface area (Å²) in [5.41, 5.74) is 0.885. The van der Waals surface area contributed by atoms with E-state index in [4.69, 9.17) is 16.9 Å². The molecule has 0 fully saturated rings. The molecule has 66 valence electrons. The molecule has 0 aromatic carbocycles. The zero-order chi connectivity index (χ0) is 9.68. The van der Waals surface area contributed by atoms with Crippen molar-refractivity contribution in [2.75, 3.05) is 0 Å².